The summed E-state index contributed by atoms with van der Waals surface area (Å²) >= 11 is 10.8. The zero-order chi connectivity index (χ0) is 10.1. The number of thiophene rings is 1. The Balaban J connectivity index is 2.85. The molecule has 14 heavy (non-hydrogen) atoms. The van der Waals surface area contributed by atoms with Gasteiger partial charge in [-0.1, -0.05) is 15.9 Å². The van der Waals surface area contributed by atoms with Crippen LogP contribution >= 0.6 is 38.9 Å². The molecule has 0 aliphatic heterocycles. The number of fused-ring (bicyclic) bond motifs is 1. The first-order valence-corrected chi connectivity index (χ1v) is 6.17. The summed E-state index contributed by atoms with van der Waals surface area (Å²) in [5.74, 6) is 0.447. The van der Waals surface area contributed by atoms with Gasteiger partial charge in [0.25, 0.3) is 0 Å². The van der Waals surface area contributed by atoms with Gasteiger partial charge in [-0.05, 0) is 23.1 Å². The van der Waals surface area contributed by atoms with Crippen molar-refractivity contribution in [2.75, 3.05) is 0 Å². The summed E-state index contributed by atoms with van der Waals surface area (Å²) in [6.07, 6.45) is 0.871. The third-order valence-electron chi connectivity index (χ3n) is 2.02. The van der Waals surface area contributed by atoms with Crippen LogP contribution in [0.25, 0.3) is 10.1 Å². The molecule has 0 N–H and O–H groups in total. The molecule has 0 spiro atoms. The lowest BCUT2D eigenvalue weighted by Gasteiger charge is -1.99. The predicted octanol–water partition coefficient (Wildman–Crippen LogP) is 4.22. The number of halogens is 2. The zero-order valence-corrected chi connectivity index (χ0v) is 10.2. The van der Waals surface area contributed by atoms with Gasteiger partial charge in [-0.25, -0.2) is 0 Å². The molecule has 0 bridgehead atoms. The Bertz CT molecular complexity index is 492. The van der Waals surface area contributed by atoms with Crippen molar-refractivity contribution in [2.24, 2.45) is 0 Å². The molecule has 0 aliphatic carbocycles. The van der Waals surface area contributed by atoms with Crippen LogP contribution in [0.3, 0.4) is 0 Å². The minimum atomic E-state index is 0.447. The molecule has 0 radical (unpaired) electrons. The lowest BCUT2D eigenvalue weighted by atomic mass is 10.1. The molecule has 1 heterocycles. The van der Waals surface area contributed by atoms with Gasteiger partial charge in [0.05, 0.1) is 0 Å². The maximum Gasteiger partial charge on any atom is 0.150 e. The maximum atomic E-state index is 10.9. The number of hydrogen-bond donors (Lipinski definition) is 0. The lowest BCUT2D eigenvalue weighted by Crippen LogP contribution is -1.84. The van der Waals surface area contributed by atoms with E-state index in [9.17, 15) is 4.79 Å². The average molecular weight is 290 g/mol. The molecule has 1 aromatic carbocycles. The van der Waals surface area contributed by atoms with Gasteiger partial charge in [0.1, 0.15) is 0 Å². The van der Waals surface area contributed by atoms with Crippen LogP contribution in [-0.4, -0.2) is 6.29 Å². The number of hydrogen-bond acceptors (Lipinski definition) is 2. The number of carbonyl (C=O) groups is 1. The molecule has 1 aromatic heterocycles. The van der Waals surface area contributed by atoms with Gasteiger partial charge >= 0.3 is 0 Å². The molecule has 0 amide bonds. The van der Waals surface area contributed by atoms with E-state index in [4.69, 9.17) is 11.6 Å². The Labute approximate surface area is 98.8 Å². The van der Waals surface area contributed by atoms with Crippen molar-refractivity contribution in [3.63, 3.8) is 0 Å². The van der Waals surface area contributed by atoms with Gasteiger partial charge in [-0.15, -0.1) is 22.9 Å². The van der Waals surface area contributed by atoms with E-state index in [1.807, 2.05) is 17.5 Å². The van der Waals surface area contributed by atoms with Crippen LogP contribution in [0, 0.1) is 0 Å². The van der Waals surface area contributed by atoms with Crippen LogP contribution in [0.1, 0.15) is 15.9 Å². The molecular weight excluding hydrogens is 284 g/mol. The Hall–Kier alpha value is -0.380. The molecule has 1 nitrogen and oxygen atoms in total. The third-order valence-corrected chi connectivity index (χ3v) is 3.74. The molecule has 2 aromatic rings. The summed E-state index contributed by atoms with van der Waals surface area (Å²) in [4.78, 5) is 10.9. The van der Waals surface area contributed by atoms with E-state index in [0.717, 1.165) is 26.4 Å². The number of benzene rings is 1. The van der Waals surface area contributed by atoms with Crippen molar-refractivity contribution in [1.29, 1.82) is 0 Å². The largest absolute Gasteiger partial charge is 0.298 e. The SMILES string of the molecule is O=Cc1cc(Br)cc2scc(CCl)c12. The van der Waals surface area contributed by atoms with E-state index in [0.29, 0.717) is 11.4 Å². The normalized spacial score (nSPS) is 10.7. The summed E-state index contributed by atoms with van der Waals surface area (Å²) in [7, 11) is 0. The van der Waals surface area contributed by atoms with Crippen molar-refractivity contribution in [3.05, 3.63) is 33.1 Å². The first-order chi connectivity index (χ1) is 6.76. The highest BCUT2D eigenvalue weighted by Gasteiger charge is 2.08. The molecular formula is C10H6BrClOS. The van der Waals surface area contributed by atoms with Gasteiger partial charge in [0, 0.05) is 26.0 Å². The standard InChI is InChI=1S/C10H6BrClOS/c11-8-1-6(4-13)10-7(3-12)5-14-9(10)2-8/h1-2,4-5H,3H2. The van der Waals surface area contributed by atoms with Gasteiger partial charge in [0.2, 0.25) is 0 Å². The molecule has 0 saturated carbocycles. The summed E-state index contributed by atoms with van der Waals surface area (Å²) in [5.41, 5.74) is 1.73. The Morgan fingerprint density at radius 1 is 1.50 bits per heavy atom. The van der Waals surface area contributed by atoms with Crippen molar-refractivity contribution in [1.82, 2.24) is 0 Å². The monoisotopic (exact) mass is 288 g/mol. The Kier molecular flexibility index (Phi) is 2.91. The number of aldehydes is 1. The lowest BCUT2D eigenvalue weighted by molar-refractivity contribution is 0.112. The van der Waals surface area contributed by atoms with Gasteiger partial charge in [0.15, 0.2) is 6.29 Å². The fourth-order valence-electron chi connectivity index (χ4n) is 1.42. The van der Waals surface area contributed by atoms with Gasteiger partial charge in [-0.2, -0.15) is 0 Å². The van der Waals surface area contributed by atoms with Gasteiger partial charge < -0.3 is 0 Å². The van der Waals surface area contributed by atoms with Crippen LogP contribution in [0.4, 0.5) is 0 Å². The van der Waals surface area contributed by atoms with E-state index >= 15 is 0 Å². The van der Waals surface area contributed by atoms with Crippen molar-refractivity contribution >= 4 is 55.2 Å². The van der Waals surface area contributed by atoms with E-state index in [-0.39, 0.29) is 0 Å². The first-order valence-electron chi connectivity index (χ1n) is 3.97. The molecule has 2 rings (SSSR count). The van der Waals surface area contributed by atoms with Crippen LogP contribution in [0.15, 0.2) is 22.0 Å². The van der Waals surface area contributed by atoms with Crippen molar-refractivity contribution < 1.29 is 4.79 Å². The fourth-order valence-corrected chi connectivity index (χ4v) is 3.38. The summed E-state index contributed by atoms with van der Waals surface area (Å²) in [6.45, 7) is 0. The quantitative estimate of drug-likeness (QED) is 0.598. The third kappa shape index (κ3) is 1.60. The molecule has 0 unspecified atom stereocenters. The van der Waals surface area contributed by atoms with Crippen molar-refractivity contribution in [3.8, 4) is 0 Å². The zero-order valence-electron chi connectivity index (χ0n) is 7.09. The number of alkyl halides is 1. The molecule has 0 fully saturated rings. The fraction of sp³-hybridized carbons (Fsp3) is 0.100. The smallest absolute Gasteiger partial charge is 0.150 e. The van der Waals surface area contributed by atoms with E-state index in [1.165, 1.54) is 0 Å². The Morgan fingerprint density at radius 3 is 2.93 bits per heavy atom. The van der Waals surface area contributed by atoms with Crippen LogP contribution in [0.5, 0.6) is 0 Å². The van der Waals surface area contributed by atoms with Crippen LogP contribution in [-0.2, 0) is 5.88 Å². The first kappa shape index (κ1) is 10.1. The number of carbonyl (C=O) groups excluding carboxylic acids is 1. The van der Waals surface area contributed by atoms with E-state index in [1.54, 1.807) is 11.3 Å². The van der Waals surface area contributed by atoms with E-state index < -0.39 is 0 Å². The minimum absolute atomic E-state index is 0.447. The highest BCUT2D eigenvalue weighted by molar-refractivity contribution is 9.10. The summed E-state index contributed by atoms with van der Waals surface area (Å²) in [5, 5.41) is 2.99. The van der Waals surface area contributed by atoms with Gasteiger partial charge in [-0.3, -0.25) is 4.79 Å². The highest BCUT2D eigenvalue weighted by atomic mass is 79.9. The molecule has 0 aliphatic rings. The van der Waals surface area contributed by atoms with E-state index in [2.05, 4.69) is 15.9 Å². The second-order valence-electron chi connectivity index (χ2n) is 2.88. The number of rotatable bonds is 2. The molecule has 0 atom stereocenters. The Morgan fingerprint density at radius 2 is 2.29 bits per heavy atom. The highest BCUT2D eigenvalue weighted by Crippen LogP contribution is 2.32. The average Bonchev–Trinajstić information content (AvgIpc) is 2.59. The molecule has 72 valence electrons. The van der Waals surface area contributed by atoms with Crippen molar-refractivity contribution in [2.45, 2.75) is 5.88 Å². The topological polar surface area (TPSA) is 17.1 Å². The van der Waals surface area contributed by atoms with Crippen LogP contribution in [0.2, 0.25) is 0 Å². The molecule has 0 saturated heterocycles. The molecule has 4 heteroatoms. The van der Waals surface area contributed by atoms with Crippen LogP contribution < -0.4 is 0 Å². The second-order valence-corrected chi connectivity index (χ2v) is 4.97. The predicted molar refractivity (Wildman–Crippen MR) is 64.5 cm³/mol. The summed E-state index contributed by atoms with van der Waals surface area (Å²) < 4.78 is 2.02. The summed E-state index contributed by atoms with van der Waals surface area (Å²) in [6, 6.07) is 3.82. The minimum Gasteiger partial charge on any atom is -0.298 e. The maximum absolute atomic E-state index is 10.9. The second kappa shape index (κ2) is 4.01.